The molecule has 1 heterocycles. The van der Waals surface area contributed by atoms with Gasteiger partial charge in [-0.1, -0.05) is 18.2 Å². The van der Waals surface area contributed by atoms with Crippen molar-refractivity contribution in [3.63, 3.8) is 0 Å². The van der Waals surface area contributed by atoms with E-state index in [1.54, 1.807) is 48.7 Å². The zero-order valence-electron chi connectivity index (χ0n) is 12.7. The van der Waals surface area contributed by atoms with Gasteiger partial charge >= 0.3 is 0 Å². The third-order valence-electron chi connectivity index (χ3n) is 2.99. The SMILES string of the molecule is CC(C)Oc1ccc(C(O)CNC(=O)c2ccccn2)cc1. The average molecular weight is 300 g/mol. The first-order valence-electron chi connectivity index (χ1n) is 7.20. The van der Waals surface area contributed by atoms with Gasteiger partial charge in [-0.2, -0.15) is 0 Å². The maximum atomic E-state index is 11.9. The maximum Gasteiger partial charge on any atom is 0.269 e. The smallest absolute Gasteiger partial charge is 0.269 e. The summed E-state index contributed by atoms with van der Waals surface area (Å²) in [6, 6.07) is 12.3. The van der Waals surface area contributed by atoms with E-state index in [0.717, 1.165) is 11.3 Å². The van der Waals surface area contributed by atoms with Gasteiger partial charge in [0.1, 0.15) is 11.4 Å². The quantitative estimate of drug-likeness (QED) is 0.859. The van der Waals surface area contributed by atoms with Crippen LogP contribution in [0.2, 0.25) is 0 Å². The zero-order valence-corrected chi connectivity index (χ0v) is 12.7. The molecule has 1 atom stereocenters. The number of benzene rings is 1. The lowest BCUT2D eigenvalue weighted by molar-refractivity contribution is 0.0911. The Morgan fingerprint density at radius 3 is 2.55 bits per heavy atom. The molecule has 1 aromatic heterocycles. The number of ether oxygens (including phenoxy) is 1. The molecule has 0 aliphatic rings. The molecule has 0 saturated heterocycles. The number of hydrogen-bond donors (Lipinski definition) is 2. The van der Waals surface area contributed by atoms with Crippen LogP contribution in [0.4, 0.5) is 0 Å². The summed E-state index contributed by atoms with van der Waals surface area (Å²) in [7, 11) is 0. The minimum Gasteiger partial charge on any atom is -0.491 e. The maximum absolute atomic E-state index is 11.9. The summed E-state index contributed by atoms with van der Waals surface area (Å²) >= 11 is 0. The zero-order chi connectivity index (χ0) is 15.9. The van der Waals surface area contributed by atoms with Crippen molar-refractivity contribution in [1.82, 2.24) is 10.3 Å². The highest BCUT2D eigenvalue weighted by Gasteiger charge is 2.11. The van der Waals surface area contributed by atoms with E-state index < -0.39 is 6.10 Å². The van der Waals surface area contributed by atoms with E-state index in [1.165, 1.54) is 0 Å². The van der Waals surface area contributed by atoms with Gasteiger partial charge in [-0.3, -0.25) is 9.78 Å². The van der Waals surface area contributed by atoms with Crippen molar-refractivity contribution >= 4 is 5.91 Å². The first kappa shape index (κ1) is 16.0. The molecule has 2 N–H and O–H groups in total. The van der Waals surface area contributed by atoms with Crippen molar-refractivity contribution in [1.29, 1.82) is 0 Å². The van der Waals surface area contributed by atoms with Gasteiger partial charge in [0.25, 0.3) is 5.91 Å². The summed E-state index contributed by atoms with van der Waals surface area (Å²) in [5.41, 5.74) is 1.05. The molecular weight excluding hydrogens is 280 g/mol. The van der Waals surface area contributed by atoms with Crippen molar-refractivity contribution in [2.75, 3.05) is 6.54 Å². The number of rotatable bonds is 6. The van der Waals surface area contributed by atoms with E-state index >= 15 is 0 Å². The summed E-state index contributed by atoms with van der Waals surface area (Å²) in [6.07, 6.45) is 0.882. The fourth-order valence-electron chi connectivity index (χ4n) is 1.94. The predicted molar refractivity (Wildman–Crippen MR) is 83.7 cm³/mol. The van der Waals surface area contributed by atoms with Gasteiger partial charge < -0.3 is 15.2 Å². The number of nitrogens with zero attached hydrogens (tertiary/aromatic N) is 1. The second-order valence-corrected chi connectivity index (χ2v) is 5.18. The number of aliphatic hydroxyl groups is 1. The topological polar surface area (TPSA) is 71.5 Å². The molecule has 0 fully saturated rings. The van der Waals surface area contributed by atoms with E-state index in [9.17, 15) is 9.90 Å². The van der Waals surface area contributed by atoms with Crippen LogP contribution in [0.1, 0.15) is 36.0 Å². The summed E-state index contributed by atoms with van der Waals surface area (Å²) < 4.78 is 5.55. The number of amides is 1. The summed E-state index contributed by atoms with van der Waals surface area (Å²) in [6.45, 7) is 4.03. The van der Waals surface area contributed by atoms with Crippen LogP contribution in [0.15, 0.2) is 48.7 Å². The standard InChI is InChI=1S/C17H20N2O3/c1-12(2)22-14-8-6-13(7-9-14)16(20)11-19-17(21)15-5-3-4-10-18-15/h3-10,12,16,20H,11H2,1-2H3,(H,19,21). The van der Waals surface area contributed by atoms with Gasteiger partial charge in [-0.25, -0.2) is 0 Å². The van der Waals surface area contributed by atoms with Crippen molar-refractivity contribution in [3.05, 3.63) is 59.9 Å². The fraction of sp³-hybridized carbons (Fsp3) is 0.294. The van der Waals surface area contributed by atoms with Crippen LogP contribution in [-0.2, 0) is 0 Å². The van der Waals surface area contributed by atoms with Crippen molar-refractivity contribution in [2.24, 2.45) is 0 Å². The molecule has 1 amide bonds. The Hall–Kier alpha value is -2.40. The van der Waals surface area contributed by atoms with Gasteiger partial charge in [0.15, 0.2) is 0 Å². The third kappa shape index (κ3) is 4.56. The molecule has 0 radical (unpaired) electrons. The van der Waals surface area contributed by atoms with Crippen LogP contribution in [0.5, 0.6) is 5.75 Å². The molecule has 0 spiro atoms. The van der Waals surface area contributed by atoms with Gasteiger partial charge in [-0.15, -0.1) is 0 Å². The Kier molecular flexibility index (Phi) is 5.49. The number of pyridine rings is 1. The number of aromatic nitrogens is 1. The van der Waals surface area contributed by atoms with Crippen molar-refractivity contribution in [2.45, 2.75) is 26.1 Å². The lowest BCUT2D eigenvalue weighted by atomic mass is 10.1. The Labute approximate surface area is 130 Å². The molecule has 0 bridgehead atoms. The number of nitrogens with one attached hydrogen (secondary N) is 1. The minimum absolute atomic E-state index is 0.105. The largest absolute Gasteiger partial charge is 0.491 e. The third-order valence-corrected chi connectivity index (χ3v) is 2.99. The summed E-state index contributed by atoms with van der Waals surface area (Å²) in [5.74, 6) is 0.447. The highest BCUT2D eigenvalue weighted by Crippen LogP contribution is 2.18. The van der Waals surface area contributed by atoms with Crippen LogP contribution >= 0.6 is 0 Å². The van der Waals surface area contributed by atoms with Gasteiger partial charge in [-0.05, 0) is 43.7 Å². The molecule has 0 aliphatic heterocycles. The first-order chi connectivity index (χ1) is 10.6. The molecule has 1 aromatic carbocycles. The Balaban J connectivity index is 1.89. The van der Waals surface area contributed by atoms with Gasteiger partial charge in [0.2, 0.25) is 0 Å². The number of aliphatic hydroxyl groups excluding tert-OH is 1. The van der Waals surface area contributed by atoms with E-state index in [1.807, 2.05) is 13.8 Å². The Morgan fingerprint density at radius 1 is 1.23 bits per heavy atom. The fourth-order valence-corrected chi connectivity index (χ4v) is 1.94. The summed E-state index contributed by atoms with van der Waals surface area (Å²) in [5, 5.41) is 12.8. The molecular formula is C17H20N2O3. The molecule has 0 saturated carbocycles. The monoisotopic (exact) mass is 300 g/mol. The lowest BCUT2D eigenvalue weighted by Crippen LogP contribution is -2.28. The number of carbonyl (C=O) groups is 1. The van der Waals surface area contributed by atoms with Crippen molar-refractivity contribution in [3.8, 4) is 5.75 Å². The molecule has 2 rings (SSSR count). The van der Waals surface area contributed by atoms with E-state index in [0.29, 0.717) is 5.69 Å². The van der Waals surface area contributed by atoms with Gasteiger partial charge in [0, 0.05) is 12.7 Å². The molecule has 2 aromatic rings. The highest BCUT2D eigenvalue weighted by molar-refractivity contribution is 5.92. The van der Waals surface area contributed by atoms with Crippen LogP contribution in [0, 0.1) is 0 Å². The predicted octanol–water partition coefficient (Wildman–Crippen LogP) is 2.33. The minimum atomic E-state index is -0.777. The second-order valence-electron chi connectivity index (χ2n) is 5.18. The number of hydrogen-bond acceptors (Lipinski definition) is 4. The molecule has 0 aliphatic carbocycles. The molecule has 1 unspecified atom stereocenters. The molecule has 5 heteroatoms. The molecule has 22 heavy (non-hydrogen) atoms. The Morgan fingerprint density at radius 2 is 1.95 bits per heavy atom. The van der Waals surface area contributed by atoms with E-state index in [2.05, 4.69) is 10.3 Å². The number of carbonyl (C=O) groups excluding carboxylic acids is 1. The second kappa shape index (κ2) is 7.56. The van der Waals surface area contributed by atoms with E-state index in [-0.39, 0.29) is 18.6 Å². The van der Waals surface area contributed by atoms with Crippen LogP contribution in [-0.4, -0.2) is 28.6 Å². The highest BCUT2D eigenvalue weighted by atomic mass is 16.5. The van der Waals surface area contributed by atoms with Crippen LogP contribution < -0.4 is 10.1 Å². The average Bonchev–Trinajstić information content (AvgIpc) is 2.53. The molecule has 5 nitrogen and oxygen atoms in total. The first-order valence-corrected chi connectivity index (χ1v) is 7.20. The van der Waals surface area contributed by atoms with Crippen molar-refractivity contribution < 1.29 is 14.6 Å². The normalized spacial score (nSPS) is 12.0. The lowest BCUT2D eigenvalue weighted by Gasteiger charge is -2.14. The Bertz CT molecular complexity index is 597. The van der Waals surface area contributed by atoms with Gasteiger partial charge in [0.05, 0.1) is 12.2 Å². The molecule has 116 valence electrons. The van der Waals surface area contributed by atoms with Crippen LogP contribution in [0.25, 0.3) is 0 Å². The van der Waals surface area contributed by atoms with E-state index in [4.69, 9.17) is 4.74 Å². The van der Waals surface area contributed by atoms with Crippen LogP contribution in [0.3, 0.4) is 0 Å². The summed E-state index contributed by atoms with van der Waals surface area (Å²) in [4.78, 5) is 15.8.